The van der Waals surface area contributed by atoms with Crippen LogP contribution in [0.15, 0.2) is 24.4 Å². The number of hydrogen-bond donors (Lipinski definition) is 1. The Hall–Kier alpha value is -1.75. The maximum Gasteiger partial charge on any atom is 0.152 e. The molecular formula is C13H12F2N2O. The topological polar surface area (TPSA) is 34.2 Å². The third-order valence-corrected chi connectivity index (χ3v) is 3.05. The smallest absolute Gasteiger partial charge is 0.152 e. The average Bonchev–Trinajstić information content (AvgIpc) is 2.83. The number of halogens is 2. The van der Waals surface area contributed by atoms with Crippen LogP contribution in [0.3, 0.4) is 0 Å². The average molecular weight is 250 g/mol. The van der Waals surface area contributed by atoms with Gasteiger partial charge in [-0.05, 0) is 18.6 Å². The summed E-state index contributed by atoms with van der Waals surface area (Å²) >= 11 is 0. The second-order valence-electron chi connectivity index (χ2n) is 4.35. The van der Waals surface area contributed by atoms with E-state index in [-0.39, 0.29) is 11.6 Å². The van der Waals surface area contributed by atoms with Gasteiger partial charge in [0.2, 0.25) is 0 Å². The van der Waals surface area contributed by atoms with E-state index in [4.69, 9.17) is 4.74 Å². The van der Waals surface area contributed by atoms with Crippen LogP contribution in [0.1, 0.15) is 6.42 Å². The molecule has 3 nitrogen and oxygen atoms in total. The lowest BCUT2D eigenvalue weighted by molar-refractivity contribution is 0.195. The van der Waals surface area contributed by atoms with Gasteiger partial charge in [-0.25, -0.2) is 8.78 Å². The van der Waals surface area contributed by atoms with E-state index >= 15 is 0 Å². The number of ether oxygens (including phenoxy) is 1. The Morgan fingerprint density at radius 1 is 1.33 bits per heavy atom. The number of rotatable bonds is 2. The Bertz CT molecular complexity index is 582. The quantitative estimate of drug-likeness (QED) is 0.889. The minimum atomic E-state index is -0.642. The van der Waals surface area contributed by atoms with E-state index in [1.807, 2.05) is 0 Å². The fraction of sp³-hybridized carbons (Fsp3) is 0.308. The van der Waals surface area contributed by atoms with Crippen LogP contribution in [0.25, 0.3) is 10.9 Å². The van der Waals surface area contributed by atoms with Gasteiger partial charge in [0, 0.05) is 29.9 Å². The van der Waals surface area contributed by atoms with Crippen molar-refractivity contribution in [2.45, 2.75) is 12.5 Å². The van der Waals surface area contributed by atoms with Crippen molar-refractivity contribution in [3.8, 4) is 0 Å². The third-order valence-electron chi connectivity index (χ3n) is 3.05. The van der Waals surface area contributed by atoms with E-state index in [0.717, 1.165) is 12.5 Å². The summed E-state index contributed by atoms with van der Waals surface area (Å²) in [4.78, 5) is 3.94. The van der Waals surface area contributed by atoms with Gasteiger partial charge in [-0.2, -0.15) is 0 Å². The summed E-state index contributed by atoms with van der Waals surface area (Å²) in [5.41, 5.74) is 0.870. The van der Waals surface area contributed by atoms with Crippen LogP contribution in [0, 0.1) is 11.6 Å². The number of hydrogen-bond acceptors (Lipinski definition) is 3. The highest BCUT2D eigenvalue weighted by atomic mass is 19.1. The van der Waals surface area contributed by atoms with Crippen LogP contribution >= 0.6 is 0 Å². The molecule has 5 heteroatoms. The van der Waals surface area contributed by atoms with Gasteiger partial charge in [-0.15, -0.1) is 0 Å². The SMILES string of the molecule is Fc1cc(F)c2nccc(NC3CCOC3)c2c1. The lowest BCUT2D eigenvalue weighted by atomic mass is 10.1. The molecule has 1 atom stereocenters. The molecule has 0 amide bonds. The number of fused-ring (bicyclic) bond motifs is 1. The molecule has 94 valence electrons. The minimum absolute atomic E-state index is 0.181. The molecule has 1 aromatic heterocycles. The highest BCUT2D eigenvalue weighted by Gasteiger charge is 2.17. The van der Waals surface area contributed by atoms with E-state index in [1.165, 1.54) is 12.3 Å². The van der Waals surface area contributed by atoms with Crippen molar-refractivity contribution in [3.05, 3.63) is 36.0 Å². The first kappa shape index (κ1) is 11.3. The van der Waals surface area contributed by atoms with Crippen LogP contribution < -0.4 is 5.32 Å². The van der Waals surface area contributed by atoms with Crippen molar-refractivity contribution in [1.82, 2.24) is 4.98 Å². The Balaban J connectivity index is 2.05. The molecule has 0 saturated carbocycles. The van der Waals surface area contributed by atoms with Crippen LogP contribution in [0.4, 0.5) is 14.5 Å². The van der Waals surface area contributed by atoms with Gasteiger partial charge in [0.15, 0.2) is 5.82 Å². The zero-order chi connectivity index (χ0) is 12.5. The molecule has 0 spiro atoms. The summed E-state index contributed by atoms with van der Waals surface area (Å²) in [7, 11) is 0. The second-order valence-corrected chi connectivity index (χ2v) is 4.35. The van der Waals surface area contributed by atoms with Crippen LogP contribution in [0.5, 0.6) is 0 Å². The lowest BCUT2D eigenvalue weighted by Gasteiger charge is -2.14. The predicted octanol–water partition coefficient (Wildman–Crippen LogP) is 2.71. The summed E-state index contributed by atoms with van der Waals surface area (Å²) < 4.78 is 32.1. The summed E-state index contributed by atoms with van der Waals surface area (Å²) in [6, 6.07) is 4.04. The molecule has 1 N–H and O–H groups in total. The molecule has 1 fully saturated rings. The summed E-state index contributed by atoms with van der Waals surface area (Å²) in [6.07, 6.45) is 2.41. The fourth-order valence-electron chi connectivity index (χ4n) is 2.17. The maximum atomic E-state index is 13.6. The molecule has 1 saturated heterocycles. The Kier molecular flexibility index (Phi) is 2.83. The van der Waals surface area contributed by atoms with E-state index in [2.05, 4.69) is 10.3 Å². The largest absolute Gasteiger partial charge is 0.379 e. The van der Waals surface area contributed by atoms with Gasteiger partial charge < -0.3 is 10.1 Å². The molecule has 2 aromatic rings. The number of benzene rings is 1. The summed E-state index contributed by atoms with van der Waals surface area (Å²) in [5, 5.41) is 3.70. The fourth-order valence-corrected chi connectivity index (χ4v) is 2.17. The van der Waals surface area contributed by atoms with Crippen LogP contribution in [0.2, 0.25) is 0 Å². The molecule has 0 aliphatic carbocycles. The van der Waals surface area contributed by atoms with Crippen molar-refractivity contribution in [2.24, 2.45) is 0 Å². The second kappa shape index (κ2) is 4.49. The Morgan fingerprint density at radius 2 is 2.22 bits per heavy atom. The summed E-state index contributed by atoms with van der Waals surface area (Å²) in [6.45, 7) is 1.32. The van der Waals surface area contributed by atoms with E-state index < -0.39 is 11.6 Å². The molecule has 1 unspecified atom stereocenters. The van der Waals surface area contributed by atoms with Crippen molar-refractivity contribution < 1.29 is 13.5 Å². The summed E-state index contributed by atoms with van der Waals surface area (Å²) in [5.74, 6) is -1.24. The zero-order valence-electron chi connectivity index (χ0n) is 9.62. The van der Waals surface area contributed by atoms with Gasteiger partial charge in [0.05, 0.1) is 12.6 Å². The molecule has 1 aliphatic heterocycles. The number of nitrogens with zero attached hydrogens (tertiary/aromatic N) is 1. The van der Waals surface area contributed by atoms with E-state index in [1.54, 1.807) is 6.07 Å². The molecule has 3 rings (SSSR count). The third kappa shape index (κ3) is 2.01. The predicted molar refractivity (Wildman–Crippen MR) is 64.5 cm³/mol. The van der Waals surface area contributed by atoms with E-state index in [0.29, 0.717) is 24.3 Å². The normalized spacial score (nSPS) is 19.3. The van der Waals surface area contributed by atoms with Crippen LogP contribution in [-0.4, -0.2) is 24.2 Å². The van der Waals surface area contributed by atoms with Gasteiger partial charge >= 0.3 is 0 Å². The van der Waals surface area contributed by atoms with Crippen molar-refractivity contribution in [2.75, 3.05) is 18.5 Å². The monoisotopic (exact) mass is 250 g/mol. The molecule has 18 heavy (non-hydrogen) atoms. The lowest BCUT2D eigenvalue weighted by Crippen LogP contribution is -2.19. The van der Waals surface area contributed by atoms with Gasteiger partial charge in [-0.1, -0.05) is 0 Å². The first-order chi connectivity index (χ1) is 8.74. The molecular weight excluding hydrogens is 238 g/mol. The number of pyridine rings is 1. The highest BCUT2D eigenvalue weighted by Crippen LogP contribution is 2.26. The highest BCUT2D eigenvalue weighted by molar-refractivity contribution is 5.91. The standard InChI is InChI=1S/C13H12F2N2O/c14-8-5-10-12(17-9-2-4-18-7-9)1-3-16-13(10)11(15)6-8/h1,3,5-6,9H,2,4,7H2,(H,16,17). The molecule has 1 aromatic carbocycles. The minimum Gasteiger partial charge on any atom is -0.379 e. The van der Waals surface area contributed by atoms with Crippen molar-refractivity contribution in [3.63, 3.8) is 0 Å². The molecule has 0 radical (unpaired) electrons. The first-order valence-electron chi connectivity index (χ1n) is 5.82. The zero-order valence-corrected chi connectivity index (χ0v) is 9.62. The number of anilines is 1. The van der Waals surface area contributed by atoms with Gasteiger partial charge in [-0.3, -0.25) is 4.98 Å². The molecule has 2 heterocycles. The van der Waals surface area contributed by atoms with Crippen LogP contribution in [-0.2, 0) is 4.74 Å². The first-order valence-corrected chi connectivity index (χ1v) is 5.82. The van der Waals surface area contributed by atoms with Crippen molar-refractivity contribution >= 4 is 16.6 Å². The Labute approximate surface area is 103 Å². The van der Waals surface area contributed by atoms with Gasteiger partial charge in [0.1, 0.15) is 11.3 Å². The maximum absolute atomic E-state index is 13.6. The molecule has 1 aliphatic rings. The van der Waals surface area contributed by atoms with E-state index in [9.17, 15) is 8.78 Å². The molecule has 0 bridgehead atoms. The van der Waals surface area contributed by atoms with Crippen molar-refractivity contribution in [1.29, 1.82) is 0 Å². The Morgan fingerprint density at radius 3 is 3.00 bits per heavy atom. The number of nitrogens with one attached hydrogen (secondary N) is 1. The van der Waals surface area contributed by atoms with Gasteiger partial charge in [0.25, 0.3) is 0 Å². The number of aromatic nitrogens is 1.